The highest BCUT2D eigenvalue weighted by molar-refractivity contribution is 7.15. The van der Waals surface area contributed by atoms with Crippen molar-refractivity contribution in [1.29, 1.82) is 0 Å². The van der Waals surface area contributed by atoms with Crippen LogP contribution >= 0.6 is 11.3 Å². The van der Waals surface area contributed by atoms with Crippen LogP contribution in [-0.2, 0) is 6.18 Å². The molecule has 4 nitrogen and oxygen atoms in total. The molecule has 0 aliphatic heterocycles. The van der Waals surface area contributed by atoms with E-state index in [4.69, 9.17) is 5.21 Å². The van der Waals surface area contributed by atoms with Crippen molar-refractivity contribution in [2.45, 2.75) is 19.0 Å². The summed E-state index contributed by atoms with van der Waals surface area (Å²) >= 11 is 1.34. The quantitative estimate of drug-likeness (QED) is 0.497. The van der Waals surface area contributed by atoms with Gasteiger partial charge in [-0.15, -0.1) is 16.5 Å². The molecule has 0 fully saturated rings. The summed E-state index contributed by atoms with van der Waals surface area (Å²) in [6, 6.07) is 4.72. The number of anilines is 2. The molecule has 8 heteroatoms. The number of rotatable bonds is 4. The number of benzene rings is 1. The Morgan fingerprint density at radius 2 is 2.00 bits per heavy atom. The maximum absolute atomic E-state index is 12.4. The minimum Gasteiger partial charge on any atom is -0.411 e. The van der Waals surface area contributed by atoms with E-state index >= 15 is 0 Å². The summed E-state index contributed by atoms with van der Waals surface area (Å²) in [5.74, 6) is -0.0874. The van der Waals surface area contributed by atoms with Crippen molar-refractivity contribution in [3.05, 3.63) is 40.9 Å². The molecular formula is C13H12F3N3OS. The first-order chi connectivity index (χ1) is 9.90. The smallest absolute Gasteiger partial charge is 0.411 e. The molecule has 0 saturated heterocycles. The number of aromatic nitrogens is 1. The number of nitrogens with zero attached hydrogens (tertiary/aromatic N) is 2. The lowest BCUT2D eigenvalue weighted by molar-refractivity contribution is -0.137. The Morgan fingerprint density at radius 1 is 1.33 bits per heavy atom. The van der Waals surface area contributed by atoms with E-state index in [-0.39, 0.29) is 5.92 Å². The molecule has 0 spiro atoms. The molecular weight excluding hydrogens is 303 g/mol. The van der Waals surface area contributed by atoms with Crippen molar-refractivity contribution >= 4 is 28.4 Å². The Hall–Kier alpha value is -2.09. The second-order valence-corrected chi connectivity index (χ2v) is 5.38. The van der Waals surface area contributed by atoms with E-state index in [1.165, 1.54) is 29.7 Å². The van der Waals surface area contributed by atoms with Gasteiger partial charge in [0.1, 0.15) is 0 Å². The molecule has 0 radical (unpaired) electrons. The summed E-state index contributed by atoms with van der Waals surface area (Å²) in [7, 11) is 0. The third-order valence-corrected chi connectivity index (χ3v) is 3.84. The van der Waals surface area contributed by atoms with E-state index in [1.54, 1.807) is 6.20 Å². The summed E-state index contributed by atoms with van der Waals surface area (Å²) in [6.07, 6.45) is -1.34. The van der Waals surface area contributed by atoms with Crippen LogP contribution in [0.4, 0.5) is 24.0 Å². The van der Waals surface area contributed by atoms with E-state index in [1.807, 2.05) is 6.92 Å². The van der Waals surface area contributed by atoms with Gasteiger partial charge in [0.05, 0.1) is 11.8 Å². The van der Waals surface area contributed by atoms with E-state index in [0.717, 1.165) is 17.0 Å². The van der Waals surface area contributed by atoms with Crippen LogP contribution in [0, 0.1) is 0 Å². The molecule has 1 aromatic heterocycles. The number of nitrogens with one attached hydrogen (secondary N) is 1. The molecule has 0 aliphatic rings. The van der Waals surface area contributed by atoms with Crippen LogP contribution < -0.4 is 5.32 Å². The minimum absolute atomic E-state index is 0.0874. The Labute approximate surface area is 122 Å². The van der Waals surface area contributed by atoms with Crippen LogP contribution in [0.3, 0.4) is 0 Å². The van der Waals surface area contributed by atoms with E-state index in [2.05, 4.69) is 15.5 Å². The van der Waals surface area contributed by atoms with Gasteiger partial charge in [-0.05, 0) is 24.3 Å². The van der Waals surface area contributed by atoms with Crippen molar-refractivity contribution in [2.24, 2.45) is 5.16 Å². The van der Waals surface area contributed by atoms with Gasteiger partial charge in [-0.3, -0.25) is 0 Å². The summed E-state index contributed by atoms with van der Waals surface area (Å²) in [5.41, 5.74) is -0.173. The van der Waals surface area contributed by atoms with Crippen LogP contribution in [0.2, 0.25) is 0 Å². The summed E-state index contributed by atoms with van der Waals surface area (Å²) in [5, 5.41) is 14.9. The molecule has 112 valence electrons. The third kappa shape index (κ3) is 3.94. The molecule has 2 aromatic rings. The summed E-state index contributed by atoms with van der Waals surface area (Å²) in [4.78, 5) is 5.00. The number of oxime groups is 1. The Balaban J connectivity index is 2.08. The van der Waals surface area contributed by atoms with Gasteiger partial charge < -0.3 is 10.5 Å². The van der Waals surface area contributed by atoms with Gasteiger partial charge >= 0.3 is 6.18 Å². The maximum Gasteiger partial charge on any atom is 0.416 e. The molecule has 0 amide bonds. The number of thiazole rings is 1. The maximum atomic E-state index is 12.4. The number of halogens is 3. The van der Waals surface area contributed by atoms with E-state index in [9.17, 15) is 13.2 Å². The van der Waals surface area contributed by atoms with Crippen LogP contribution in [0.15, 0.2) is 35.6 Å². The normalized spacial score (nSPS) is 13.5. The van der Waals surface area contributed by atoms with Gasteiger partial charge in [0.15, 0.2) is 5.13 Å². The third-order valence-electron chi connectivity index (χ3n) is 2.73. The zero-order valence-electron chi connectivity index (χ0n) is 10.9. The zero-order chi connectivity index (χ0) is 15.5. The van der Waals surface area contributed by atoms with E-state index < -0.39 is 11.7 Å². The van der Waals surface area contributed by atoms with Gasteiger partial charge in [-0.25, -0.2) is 4.98 Å². The molecule has 1 unspecified atom stereocenters. The molecule has 1 aromatic carbocycles. The number of hydrogen-bond donors (Lipinski definition) is 2. The highest BCUT2D eigenvalue weighted by Crippen LogP contribution is 2.31. The fraction of sp³-hybridized carbons (Fsp3) is 0.231. The summed E-state index contributed by atoms with van der Waals surface area (Å²) < 4.78 is 37.3. The Morgan fingerprint density at radius 3 is 2.57 bits per heavy atom. The van der Waals surface area contributed by atoms with Gasteiger partial charge in [0.25, 0.3) is 0 Å². The SMILES string of the molecule is CC(C=NO)c1cnc(Nc2ccc(C(F)(F)F)cc2)s1. The van der Waals surface area contributed by atoms with Gasteiger partial charge in [0, 0.05) is 22.7 Å². The molecule has 1 heterocycles. The fourth-order valence-corrected chi connectivity index (χ4v) is 2.44. The monoisotopic (exact) mass is 315 g/mol. The lowest BCUT2D eigenvalue weighted by atomic mass is 10.2. The lowest BCUT2D eigenvalue weighted by Gasteiger charge is -2.07. The van der Waals surface area contributed by atoms with E-state index in [0.29, 0.717) is 10.8 Å². The van der Waals surface area contributed by atoms with Crippen molar-refractivity contribution in [1.82, 2.24) is 4.98 Å². The topological polar surface area (TPSA) is 57.5 Å². The first-order valence-corrected chi connectivity index (χ1v) is 6.79. The largest absolute Gasteiger partial charge is 0.416 e. The minimum atomic E-state index is -4.34. The van der Waals surface area contributed by atoms with Crippen LogP contribution in [-0.4, -0.2) is 16.4 Å². The predicted octanol–water partition coefficient (Wildman–Crippen LogP) is 4.47. The zero-order valence-corrected chi connectivity index (χ0v) is 11.7. The fourth-order valence-electron chi connectivity index (χ4n) is 1.59. The van der Waals surface area contributed by atoms with Gasteiger partial charge in [0.2, 0.25) is 0 Å². The summed E-state index contributed by atoms with van der Waals surface area (Å²) in [6.45, 7) is 1.84. The van der Waals surface area contributed by atoms with Crippen molar-refractivity contribution in [2.75, 3.05) is 5.32 Å². The Kier molecular flexibility index (Phi) is 4.46. The van der Waals surface area contributed by atoms with Crippen molar-refractivity contribution < 1.29 is 18.4 Å². The van der Waals surface area contributed by atoms with Crippen LogP contribution in [0.5, 0.6) is 0 Å². The molecule has 2 rings (SSSR count). The van der Waals surface area contributed by atoms with Crippen LogP contribution in [0.1, 0.15) is 23.3 Å². The lowest BCUT2D eigenvalue weighted by Crippen LogP contribution is -2.04. The number of hydrogen-bond acceptors (Lipinski definition) is 5. The highest BCUT2D eigenvalue weighted by atomic mass is 32.1. The average Bonchev–Trinajstić information content (AvgIpc) is 2.87. The first kappa shape index (κ1) is 15.3. The highest BCUT2D eigenvalue weighted by Gasteiger charge is 2.29. The molecule has 21 heavy (non-hydrogen) atoms. The molecule has 0 saturated carbocycles. The molecule has 0 aliphatic carbocycles. The second-order valence-electron chi connectivity index (χ2n) is 4.32. The average molecular weight is 315 g/mol. The standard InChI is InChI=1S/C13H12F3N3OS/c1-8(6-18-20)11-7-17-12(21-11)19-10-4-2-9(3-5-10)13(14,15)16/h2-8,20H,1H3,(H,17,19). The van der Waals surface area contributed by atoms with Gasteiger partial charge in [-0.2, -0.15) is 13.2 Å². The van der Waals surface area contributed by atoms with Gasteiger partial charge in [-0.1, -0.05) is 6.92 Å². The Bertz CT molecular complexity index is 622. The molecule has 0 bridgehead atoms. The predicted molar refractivity (Wildman–Crippen MR) is 75.5 cm³/mol. The number of alkyl halides is 3. The van der Waals surface area contributed by atoms with Crippen LogP contribution in [0.25, 0.3) is 0 Å². The second kappa shape index (κ2) is 6.13. The van der Waals surface area contributed by atoms with Crippen molar-refractivity contribution in [3.8, 4) is 0 Å². The van der Waals surface area contributed by atoms with Crippen molar-refractivity contribution in [3.63, 3.8) is 0 Å². The first-order valence-electron chi connectivity index (χ1n) is 5.97. The molecule has 1 atom stereocenters. The molecule has 2 N–H and O–H groups in total.